The highest BCUT2D eigenvalue weighted by Crippen LogP contribution is 2.06. The molecule has 16 nitrogen and oxygen atoms in total. The summed E-state index contributed by atoms with van der Waals surface area (Å²) in [7, 11) is 1.64. The summed E-state index contributed by atoms with van der Waals surface area (Å²) in [6.45, 7) is 17.0. The van der Waals surface area contributed by atoms with Crippen LogP contribution in [0.2, 0.25) is 0 Å². The Labute approximate surface area is 310 Å². The SMILES string of the molecule is COCCOCCOCCOCCOCCNC(=O)CNCc1ccc(CNCCOCCOCCOCCOCCNC(=O)OC(C)(C)C)cc1. The minimum absolute atomic E-state index is 0.0756. The smallest absolute Gasteiger partial charge is 0.407 e. The van der Waals surface area contributed by atoms with Crippen molar-refractivity contribution < 1.29 is 57.0 Å². The fourth-order valence-electron chi connectivity index (χ4n) is 4.00. The summed E-state index contributed by atoms with van der Waals surface area (Å²) < 4.78 is 53.7. The van der Waals surface area contributed by atoms with Gasteiger partial charge < -0.3 is 68.6 Å². The Hall–Kier alpha value is -2.48. The maximum Gasteiger partial charge on any atom is 0.407 e. The molecule has 0 heterocycles. The highest BCUT2D eigenvalue weighted by molar-refractivity contribution is 5.77. The van der Waals surface area contributed by atoms with Gasteiger partial charge in [0.25, 0.3) is 0 Å². The molecule has 0 aliphatic heterocycles. The van der Waals surface area contributed by atoms with E-state index in [4.69, 9.17) is 47.4 Å². The van der Waals surface area contributed by atoms with Crippen LogP contribution in [-0.2, 0) is 65.3 Å². The largest absolute Gasteiger partial charge is 0.444 e. The lowest BCUT2D eigenvalue weighted by Gasteiger charge is -2.19. The number of hydrogen-bond donors (Lipinski definition) is 4. The zero-order chi connectivity index (χ0) is 37.8. The Morgan fingerprint density at radius 3 is 1.29 bits per heavy atom. The first-order valence-corrected chi connectivity index (χ1v) is 18.1. The summed E-state index contributed by atoms with van der Waals surface area (Å²) in [5, 5.41) is 12.0. The van der Waals surface area contributed by atoms with Crippen LogP contribution in [0.15, 0.2) is 24.3 Å². The first-order chi connectivity index (χ1) is 25.3. The maximum absolute atomic E-state index is 12.1. The molecule has 1 aromatic carbocycles. The molecule has 0 radical (unpaired) electrons. The molecule has 0 aromatic heterocycles. The van der Waals surface area contributed by atoms with Crippen molar-refractivity contribution in [2.75, 3.05) is 146 Å². The van der Waals surface area contributed by atoms with Crippen molar-refractivity contribution in [3.8, 4) is 0 Å². The first kappa shape index (κ1) is 47.5. The summed E-state index contributed by atoms with van der Waals surface area (Å²) in [5.74, 6) is -0.0756. The number of methoxy groups -OCH3 is 1. The number of rotatable bonds is 36. The fourth-order valence-corrected chi connectivity index (χ4v) is 4.00. The van der Waals surface area contributed by atoms with Crippen LogP contribution in [0.5, 0.6) is 0 Å². The minimum atomic E-state index is -0.515. The van der Waals surface area contributed by atoms with Gasteiger partial charge in [0, 0.05) is 39.8 Å². The van der Waals surface area contributed by atoms with Crippen LogP contribution >= 0.6 is 0 Å². The van der Waals surface area contributed by atoms with E-state index in [1.165, 1.54) is 5.56 Å². The Bertz CT molecular complexity index is 970. The van der Waals surface area contributed by atoms with Crippen molar-refractivity contribution in [3.05, 3.63) is 35.4 Å². The average molecular weight is 747 g/mol. The normalized spacial score (nSPS) is 11.5. The van der Waals surface area contributed by atoms with Gasteiger partial charge in [-0.25, -0.2) is 4.79 Å². The van der Waals surface area contributed by atoms with Gasteiger partial charge in [0.15, 0.2) is 0 Å². The quantitative estimate of drug-likeness (QED) is 0.0724. The lowest BCUT2D eigenvalue weighted by atomic mass is 10.1. The molecule has 1 aromatic rings. The lowest BCUT2D eigenvalue weighted by Crippen LogP contribution is -2.35. The molecule has 302 valence electrons. The van der Waals surface area contributed by atoms with E-state index >= 15 is 0 Å². The van der Waals surface area contributed by atoms with Crippen molar-refractivity contribution in [3.63, 3.8) is 0 Å². The number of amides is 2. The second-order valence-electron chi connectivity index (χ2n) is 12.3. The van der Waals surface area contributed by atoms with E-state index in [2.05, 4.69) is 45.5 Å². The van der Waals surface area contributed by atoms with E-state index in [-0.39, 0.29) is 12.5 Å². The molecule has 0 spiro atoms. The van der Waals surface area contributed by atoms with Gasteiger partial charge in [-0.3, -0.25) is 4.79 Å². The lowest BCUT2D eigenvalue weighted by molar-refractivity contribution is -0.120. The van der Waals surface area contributed by atoms with Crippen molar-refractivity contribution in [1.29, 1.82) is 0 Å². The van der Waals surface area contributed by atoms with Crippen LogP contribution in [-0.4, -0.2) is 163 Å². The van der Waals surface area contributed by atoms with Crippen molar-refractivity contribution in [2.45, 2.75) is 39.5 Å². The van der Waals surface area contributed by atoms with Gasteiger partial charge in [-0.15, -0.1) is 0 Å². The topological polar surface area (TPSA) is 175 Å². The Morgan fingerprint density at radius 1 is 0.500 bits per heavy atom. The first-order valence-electron chi connectivity index (χ1n) is 18.1. The molecule has 0 saturated carbocycles. The van der Waals surface area contributed by atoms with E-state index in [0.717, 1.165) is 18.7 Å². The number of hydrogen-bond acceptors (Lipinski definition) is 14. The van der Waals surface area contributed by atoms with Gasteiger partial charge in [-0.05, 0) is 31.9 Å². The Morgan fingerprint density at radius 2 is 0.865 bits per heavy atom. The molecular formula is C36H66N4O12. The third-order valence-electron chi connectivity index (χ3n) is 6.54. The molecule has 0 aliphatic rings. The summed E-state index contributed by atoms with van der Waals surface area (Å²) in [6, 6.07) is 8.26. The van der Waals surface area contributed by atoms with Crippen molar-refractivity contribution in [1.82, 2.24) is 21.3 Å². The second kappa shape index (κ2) is 34.3. The number of carbonyl (C=O) groups excluding carboxylic acids is 2. The van der Waals surface area contributed by atoms with E-state index in [9.17, 15) is 9.59 Å². The molecule has 0 saturated heterocycles. The maximum atomic E-state index is 12.1. The van der Waals surface area contributed by atoms with Crippen LogP contribution in [0.1, 0.15) is 31.9 Å². The highest BCUT2D eigenvalue weighted by atomic mass is 16.6. The summed E-state index contributed by atoms with van der Waals surface area (Å²) in [5.41, 5.74) is 1.76. The number of carbonyl (C=O) groups is 2. The molecule has 0 fully saturated rings. The molecule has 0 atom stereocenters. The number of ether oxygens (including phenoxy) is 10. The number of alkyl carbamates (subject to hydrolysis) is 1. The third-order valence-corrected chi connectivity index (χ3v) is 6.54. The molecule has 0 aliphatic carbocycles. The molecule has 0 unspecified atom stereocenters. The van der Waals surface area contributed by atoms with Gasteiger partial charge in [0.05, 0.1) is 119 Å². The Kier molecular flexibility index (Phi) is 31.4. The van der Waals surface area contributed by atoms with Gasteiger partial charge in [0.1, 0.15) is 5.60 Å². The van der Waals surface area contributed by atoms with Gasteiger partial charge in [-0.2, -0.15) is 0 Å². The van der Waals surface area contributed by atoms with Gasteiger partial charge in [-0.1, -0.05) is 24.3 Å². The number of nitrogens with one attached hydrogen (secondary N) is 4. The van der Waals surface area contributed by atoms with E-state index in [1.807, 2.05) is 20.8 Å². The average Bonchev–Trinajstić information content (AvgIpc) is 3.11. The second-order valence-corrected chi connectivity index (χ2v) is 12.3. The summed E-state index contributed by atoms with van der Waals surface area (Å²) >= 11 is 0. The van der Waals surface area contributed by atoms with Crippen LogP contribution in [0, 0.1) is 0 Å². The molecule has 1 rings (SSSR count). The predicted octanol–water partition coefficient (Wildman–Crippen LogP) is 1.29. The molecule has 52 heavy (non-hydrogen) atoms. The standard InChI is InChI=1S/C36H66N4O12/c1-36(2,3)52-35(42)40-11-14-46-19-22-50-26-25-48-20-17-44-12-9-37-29-32-5-7-33(8-6-32)30-38-31-34(41)39-10-13-45-18-21-49-27-28-51-24-23-47-16-15-43-4/h5-8,37-38H,9-31H2,1-4H3,(H,39,41)(H,40,42). The van der Waals surface area contributed by atoms with Crippen LogP contribution < -0.4 is 21.3 Å². The monoisotopic (exact) mass is 746 g/mol. The van der Waals surface area contributed by atoms with Crippen molar-refractivity contribution in [2.24, 2.45) is 0 Å². The van der Waals surface area contributed by atoms with E-state index in [0.29, 0.717) is 132 Å². The summed E-state index contributed by atoms with van der Waals surface area (Å²) in [4.78, 5) is 23.6. The zero-order valence-electron chi connectivity index (χ0n) is 32.0. The molecule has 2 amide bonds. The minimum Gasteiger partial charge on any atom is -0.444 e. The Balaban J connectivity index is 1.84. The van der Waals surface area contributed by atoms with Gasteiger partial charge in [0.2, 0.25) is 5.91 Å². The molecule has 16 heteroatoms. The van der Waals surface area contributed by atoms with Crippen LogP contribution in [0.3, 0.4) is 0 Å². The predicted molar refractivity (Wildman–Crippen MR) is 196 cm³/mol. The number of benzene rings is 1. The molecular weight excluding hydrogens is 680 g/mol. The van der Waals surface area contributed by atoms with Gasteiger partial charge >= 0.3 is 6.09 Å². The van der Waals surface area contributed by atoms with E-state index < -0.39 is 11.7 Å². The molecule has 0 bridgehead atoms. The highest BCUT2D eigenvalue weighted by Gasteiger charge is 2.15. The molecule has 4 N–H and O–H groups in total. The third kappa shape index (κ3) is 33.4. The van der Waals surface area contributed by atoms with Crippen LogP contribution in [0.25, 0.3) is 0 Å². The van der Waals surface area contributed by atoms with Crippen LogP contribution in [0.4, 0.5) is 4.79 Å². The van der Waals surface area contributed by atoms with Crippen molar-refractivity contribution >= 4 is 12.0 Å². The zero-order valence-corrected chi connectivity index (χ0v) is 32.0. The fraction of sp³-hybridized carbons (Fsp3) is 0.778. The summed E-state index contributed by atoms with van der Waals surface area (Å²) in [6.07, 6.45) is -0.453. The van der Waals surface area contributed by atoms with E-state index in [1.54, 1.807) is 7.11 Å².